The van der Waals surface area contributed by atoms with E-state index in [9.17, 15) is 9.90 Å². The lowest BCUT2D eigenvalue weighted by Gasteiger charge is -2.28. The van der Waals surface area contributed by atoms with Gasteiger partial charge in [-0.15, -0.1) is 0 Å². The predicted octanol–water partition coefficient (Wildman–Crippen LogP) is 5.36. The second kappa shape index (κ2) is 8.76. The molecule has 1 aliphatic heterocycles. The number of benzene rings is 2. The predicted molar refractivity (Wildman–Crippen MR) is 137 cm³/mol. The number of hydrogen-bond donors (Lipinski definition) is 2. The lowest BCUT2D eigenvalue weighted by atomic mass is 9.96. The van der Waals surface area contributed by atoms with Crippen molar-refractivity contribution in [3.05, 3.63) is 113 Å². The molecule has 2 aromatic heterocycles. The minimum atomic E-state index is -0.935. The van der Waals surface area contributed by atoms with E-state index in [1.54, 1.807) is 18.3 Å². The topological polar surface area (TPSA) is 70.4 Å². The Morgan fingerprint density at radius 1 is 0.971 bits per heavy atom. The van der Waals surface area contributed by atoms with Crippen LogP contribution in [-0.2, 0) is 0 Å². The van der Waals surface area contributed by atoms with Gasteiger partial charge in [-0.3, -0.25) is 4.98 Å². The number of rotatable bonds is 5. The summed E-state index contributed by atoms with van der Waals surface area (Å²) in [6, 6.07) is 25.0. The fourth-order valence-corrected chi connectivity index (χ4v) is 5.12. The first-order valence-electron chi connectivity index (χ1n) is 11.0. The minimum Gasteiger partial charge on any atom is -0.478 e. The van der Waals surface area contributed by atoms with Gasteiger partial charge < -0.3 is 19.9 Å². The summed E-state index contributed by atoms with van der Waals surface area (Å²) in [5.41, 5.74) is 6.37. The summed E-state index contributed by atoms with van der Waals surface area (Å²) in [5, 5.41) is 13.4. The van der Waals surface area contributed by atoms with Crippen LogP contribution in [0.5, 0.6) is 0 Å². The highest BCUT2D eigenvalue weighted by atomic mass is 32.1. The summed E-state index contributed by atoms with van der Waals surface area (Å²) >= 11 is 5.82. The summed E-state index contributed by atoms with van der Waals surface area (Å²) in [6.45, 7) is 4.15. The van der Waals surface area contributed by atoms with Gasteiger partial charge in [-0.1, -0.05) is 24.3 Å². The number of aromatic carboxylic acids is 1. The van der Waals surface area contributed by atoms with E-state index in [0.29, 0.717) is 5.11 Å². The summed E-state index contributed by atoms with van der Waals surface area (Å²) in [6.07, 6.45) is 1.80. The molecule has 2 aromatic carbocycles. The molecule has 0 spiro atoms. The Labute approximate surface area is 203 Å². The number of hydrogen-bond acceptors (Lipinski definition) is 3. The van der Waals surface area contributed by atoms with Crippen molar-refractivity contribution in [3.63, 3.8) is 0 Å². The number of carboxylic acid groups (broad SMARTS) is 1. The molecule has 6 nitrogen and oxygen atoms in total. The molecule has 4 aromatic rings. The van der Waals surface area contributed by atoms with Crippen LogP contribution in [0.1, 0.15) is 45.1 Å². The lowest BCUT2D eigenvalue weighted by Crippen LogP contribution is -2.29. The van der Waals surface area contributed by atoms with E-state index in [2.05, 4.69) is 51.8 Å². The van der Waals surface area contributed by atoms with Gasteiger partial charge in [0.15, 0.2) is 5.11 Å². The summed E-state index contributed by atoms with van der Waals surface area (Å²) < 4.78 is 2.15. The molecular formula is C27H24N4O2S. The van der Waals surface area contributed by atoms with E-state index in [1.807, 2.05) is 48.5 Å². The van der Waals surface area contributed by atoms with Crippen molar-refractivity contribution in [2.24, 2.45) is 0 Å². The minimum absolute atomic E-state index is 0.108. The first kappa shape index (κ1) is 21.9. The molecule has 2 N–H and O–H groups in total. The Bertz CT molecular complexity index is 1350. The van der Waals surface area contributed by atoms with Crippen LogP contribution in [0, 0.1) is 13.8 Å². The molecular weight excluding hydrogens is 444 g/mol. The van der Waals surface area contributed by atoms with Crippen LogP contribution in [0.2, 0.25) is 0 Å². The number of aryl methyl sites for hydroxylation is 1. The molecule has 1 saturated heterocycles. The maximum Gasteiger partial charge on any atom is 0.335 e. The van der Waals surface area contributed by atoms with E-state index in [0.717, 1.165) is 34.0 Å². The maximum absolute atomic E-state index is 11.3. The summed E-state index contributed by atoms with van der Waals surface area (Å²) in [7, 11) is 0. The Kier molecular flexibility index (Phi) is 5.63. The summed E-state index contributed by atoms with van der Waals surface area (Å²) in [5.74, 6) is -0.935. The fourth-order valence-electron chi connectivity index (χ4n) is 4.78. The third-order valence-corrected chi connectivity index (χ3v) is 6.61. The van der Waals surface area contributed by atoms with Gasteiger partial charge in [0.25, 0.3) is 0 Å². The molecule has 0 radical (unpaired) electrons. The molecule has 0 aliphatic carbocycles. The van der Waals surface area contributed by atoms with Crippen LogP contribution in [0.25, 0.3) is 5.69 Å². The van der Waals surface area contributed by atoms with E-state index in [4.69, 9.17) is 12.2 Å². The Balaban J connectivity index is 1.65. The van der Waals surface area contributed by atoms with Crippen LogP contribution in [0.3, 0.4) is 0 Å². The molecule has 0 amide bonds. The maximum atomic E-state index is 11.3. The third-order valence-electron chi connectivity index (χ3n) is 6.29. The van der Waals surface area contributed by atoms with Crippen LogP contribution < -0.4 is 10.2 Å². The largest absolute Gasteiger partial charge is 0.478 e. The molecule has 34 heavy (non-hydrogen) atoms. The zero-order valence-corrected chi connectivity index (χ0v) is 19.7. The molecule has 0 unspecified atom stereocenters. The van der Waals surface area contributed by atoms with E-state index < -0.39 is 5.97 Å². The quantitative estimate of drug-likeness (QED) is 0.384. The van der Waals surface area contributed by atoms with Gasteiger partial charge >= 0.3 is 5.97 Å². The second-order valence-corrected chi connectivity index (χ2v) is 8.73. The van der Waals surface area contributed by atoms with E-state index >= 15 is 0 Å². The van der Waals surface area contributed by atoms with Crippen molar-refractivity contribution < 1.29 is 9.90 Å². The van der Waals surface area contributed by atoms with Crippen molar-refractivity contribution in [1.29, 1.82) is 0 Å². The standard InChI is InChI=1S/C27H24N4O2S/c1-17-16-22(18(2)30(17)21-13-11-19(12-14-21)26(32)33)25-24(23-10-6-7-15-28-23)29-27(34)31(25)20-8-4-3-5-9-20/h3-16,24-25H,1-2H3,(H,29,34)(H,32,33)/t24-,25-/m1/s1. The SMILES string of the molecule is Cc1cc([C@@H]2[C@@H](c3ccccn3)NC(=S)N2c2ccccc2)c(C)n1-c1ccc(C(=O)O)cc1. The average molecular weight is 469 g/mol. The zero-order valence-electron chi connectivity index (χ0n) is 18.8. The van der Waals surface area contributed by atoms with Gasteiger partial charge in [0, 0.05) is 29.0 Å². The van der Waals surface area contributed by atoms with Gasteiger partial charge in [0.1, 0.15) is 0 Å². The molecule has 1 aliphatic rings. The molecule has 3 heterocycles. The van der Waals surface area contributed by atoms with Crippen LogP contribution >= 0.6 is 12.2 Å². The number of para-hydroxylation sites is 1. The van der Waals surface area contributed by atoms with Crippen LogP contribution in [0.15, 0.2) is 85.1 Å². The monoisotopic (exact) mass is 468 g/mol. The molecule has 1 fully saturated rings. The third kappa shape index (κ3) is 3.74. The van der Waals surface area contributed by atoms with Crippen molar-refractivity contribution in [2.75, 3.05) is 4.90 Å². The van der Waals surface area contributed by atoms with Crippen molar-refractivity contribution in [1.82, 2.24) is 14.9 Å². The second-order valence-electron chi connectivity index (χ2n) is 8.35. The highest BCUT2D eigenvalue weighted by molar-refractivity contribution is 7.80. The van der Waals surface area contributed by atoms with Gasteiger partial charge in [0.2, 0.25) is 0 Å². The zero-order chi connectivity index (χ0) is 23.8. The van der Waals surface area contributed by atoms with E-state index in [-0.39, 0.29) is 17.6 Å². The highest BCUT2D eigenvalue weighted by Crippen LogP contribution is 2.43. The Morgan fingerprint density at radius 2 is 1.68 bits per heavy atom. The number of anilines is 1. The molecule has 5 rings (SSSR count). The number of carbonyl (C=O) groups is 1. The van der Waals surface area contributed by atoms with Gasteiger partial charge in [0.05, 0.1) is 23.3 Å². The number of carboxylic acids is 1. The molecule has 0 bridgehead atoms. The number of thiocarbonyl (C=S) groups is 1. The van der Waals surface area contributed by atoms with Gasteiger partial charge in [-0.05, 0) is 86.2 Å². The van der Waals surface area contributed by atoms with Crippen LogP contribution in [0.4, 0.5) is 5.69 Å². The van der Waals surface area contributed by atoms with Crippen molar-refractivity contribution >= 4 is 29.0 Å². The fraction of sp³-hybridized carbons (Fsp3) is 0.148. The van der Waals surface area contributed by atoms with Crippen molar-refractivity contribution in [3.8, 4) is 5.69 Å². The summed E-state index contributed by atoms with van der Waals surface area (Å²) in [4.78, 5) is 18.1. The highest BCUT2D eigenvalue weighted by Gasteiger charge is 2.42. The number of aromatic nitrogens is 2. The number of nitrogens with zero attached hydrogens (tertiary/aromatic N) is 3. The van der Waals surface area contributed by atoms with Crippen molar-refractivity contribution in [2.45, 2.75) is 25.9 Å². The average Bonchev–Trinajstić information content (AvgIpc) is 3.35. The number of pyridine rings is 1. The normalized spacial score (nSPS) is 17.6. The Hall–Kier alpha value is -3.97. The molecule has 2 atom stereocenters. The number of nitrogens with one attached hydrogen (secondary N) is 1. The molecule has 170 valence electrons. The molecule has 0 saturated carbocycles. The Morgan fingerprint density at radius 3 is 2.32 bits per heavy atom. The lowest BCUT2D eigenvalue weighted by molar-refractivity contribution is 0.0697. The van der Waals surface area contributed by atoms with Crippen LogP contribution in [-0.4, -0.2) is 25.7 Å². The first-order chi connectivity index (χ1) is 16.5. The van der Waals surface area contributed by atoms with Gasteiger partial charge in [-0.25, -0.2) is 4.79 Å². The molecule has 7 heteroatoms. The van der Waals surface area contributed by atoms with Gasteiger partial charge in [-0.2, -0.15) is 0 Å². The van der Waals surface area contributed by atoms with E-state index in [1.165, 1.54) is 0 Å². The smallest absolute Gasteiger partial charge is 0.335 e. The first-order valence-corrected chi connectivity index (χ1v) is 11.4.